The first-order chi connectivity index (χ1) is 8.58. The molecule has 0 fully saturated rings. The second-order valence-corrected chi connectivity index (χ2v) is 4.29. The molecule has 0 atom stereocenters. The maximum Gasteiger partial charge on any atom is 0.219 e. The minimum atomic E-state index is 0.145. The highest BCUT2D eigenvalue weighted by molar-refractivity contribution is 6.05. The van der Waals surface area contributed by atoms with Gasteiger partial charge >= 0.3 is 0 Å². The fourth-order valence-electron chi connectivity index (χ4n) is 1.14. The summed E-state index contributed by atoms with van der Waals surface area (Å²) in [6.07, 6.45) is 6.82. The summed E-state index contributed by atoms with van der Waals surface area (Å²) in [5.41, 5.74) is 0. The summed E-state index contributed by atoms with van der Waals surface area (Å²) in [5.74, 6) is 0.145. The lowest BCUT2D eigenvalue weighted by molar-refractivity contribution is -0.120. The maximum atomic E-state index is 10.5. The summed E-state index contributed by atoms with van der Waals surface area (Å²) in [7, 11) is 10.4. The molecule has 0 saturated carbocycles. The average Bonchev–Trinajstić information content (AvgIpc) is 2.39. The predicted octanol–water partition coefficient (Wildman–Crippen LogP) is 2.86. The molecule has 0 aliphatic rings. The van der Waals surface area contributed by atoms with Crippen LogP contribution in [0.1, 0.15) is 52.4 Å². The van der Waals surface area contributed by atoms with Crippen molar-refractivity contribution >= 4 is 13.8 Å². The third-order valence-electron chi connectivity index (χ3n) is 2.25. The lowest BCUT2D eigenvalue weighted by Crippen LogP contribution is -2.16. The van der Waals surface area contributed by atoms with E-state index in [1.54, 1.807) is 7.05 Å². The lowest BCUT2D eigenvalue weighted by Gasteiger charge is -2.06. The van der Waals surface area contributed by atoms with Gasteiger partial charge in [0.05, 0.1) is 7.85 Å². The van der Waals surface area contributed by atoms with Gasteiger partial charge in [-0.1, -0.05) is 39.9 Å². The molecule has 0 rings (SSSR count). The van der Waals surface area contributed by atoms with Crippen molar-refractivity contribution in [3.8, 4) is 0 Å². The normalized spacial score (nSPS) is 8.83. The number of hydrogen-bond donors (Lipinski definition) is 1. The molecule has 0 aromatic heterocycles. The van der Waals surface area contributed by atoms with E-state index < -0.39 is 0 Å². The van der Waals surface area contributed by atoms with Gasteiger partial charge in [-0.05, 0) is 33.5 Å². The largest absolute Gasteiger partial charge is 0.359 e. The first kappa shape index (κ1) is 22.7. The molecule has 1 N–H and O–H groups in total. The van der Waals surface area contributed by atoms with Crippen molar-refractivity contribution in [3.05, 3.63) is 0 Å². The van der Waals surface area contributed by atoms with E-state index in [1.807, 2.05) is 0 Å². The van der Waals surface area contributed by atoms with E-state index in [4.69, 9.17) is 0 Å². The Morgan fingerprint density at radius 3 is 1.89 bits per heavy atom. The standard InChI is InChI=1S/C7H17N.C6H13NO.CH3B/c1-4-5-6-7-8(2)3;1-3-4-5-6(8)7-2;1-2/h4-7H2,1-3H3;3-5H2,1-2H3,(H,7,8);1H3. The van der Waals surface area contributed by atoms with Crippen molar-refractivity contribution in [2.45, 2.75) is 59.2 Å². The molecule has 3 nitrogen and oxygen atoms in total. The van der Waals surface area contributed by atoms with Crippen LogP contribution in [0.5, 0.6) is 0 Å². The molecule has 18 heavy (non-hydrogen) atoms. The molecule has 0 saturated heterocycles. The third kappa shape index (κ3) is 29.6. The van der Waals surface area contributed by atoms with Crippen LogP contribution in [0, 0.1) is 0 Å². The monoisotopic (exact) mass is 256 g/mol. The summed E-state index contributed by atoms with van der Waals surface area (Å²) in [6, 6.07) is 0. The average molecular weight is 256 g/mol. The Morgan fingerprint density at radius 2 is 1.56 bits per heavy atom. The summed E-state index contributed by atoms with van der Waals surface area (Å²) in [6.45, 7) is 7.05. The van der Waals surface area contributed by atoms with E-state index in [2.05, 4.69) is 46.0 Å². The van der Waals surface area contributed by atoms with Gasteiger partial charge in [0.2, 0.25) is 5.91 Å². The number of hydrogen-bond acceptors (Lipinski definition) is 2. The van der Waals surface area contributed by atoms with Gasteiger partial charge in [-0.25, -0.2) is 0 Å². The maximum absolute atomic E-state index is 10.5. The lowest BCUT2D eigenvalue weighted by atomic mass is 10.2. The Labute approximate surface area is 116 Å². The molecule has 0 aromatic rings. The Hall–Kier alpha value is -0.505. The summed E-state index contributed by atoms with van der Waals surface area (Å²) in [5, 5.41) is 2.56. The van der Waals surface area contributed by atoms with Gasteiger partial charge in [0.15, 0.2) is 0 Å². The van der Waals surface area contributed by atoms with E-state index in [-0.39, 0.29) is 5.91 Å². The Balaban J connectivity index is -0.000000219. The predicted molar refractivity (Wildman–Crippen MR) is 83.3 cm³/mol. The van der Waals surface area contributed by atoms with Gasteiger partial charge in [-0.2, -0.15) is 0 Å². The highest BCUT2D eigenvalue weighted by Crippen LogP contribution is 1.93. The first-order valence-corrected chi connectivity index (χ1v) is 7.01. The molecule has 1 amide bonds. The molecule has 0 spiro atoms. The van der Waals surface area contributed by atoms with Crippen molar-refractivity contribution in [1.29, 1.82) is 0 Å². The van der Waals surface area contributed by atoms with Gasteiger partial charge in [0.25, 0.3) is 0 Å². The van der Waals surface area contributed by atoms with Gasteiger partial charge in [0.1, 0.15) is 0 Å². The van der Waals surface area contributed by atoms with Gasteiger partial charge in [0, 0.05) is 13.5 Å². The Bertz CT molecular complexity index is 153. The van der Waals surface area contributed by atoms with Crippen molar-refractivity contribution in [2.24, 2.45) is 0 Å². The number of carbonyl (C=O) groups excluding carboxylic acids is 1. The van der Waals surface area contributed by atoms with Crippen molar-refractivity contribution in [2.75, 3.05) is 27.7 Å². The molecule has 0 aliphatic heterocycles. The smallest absolute Gasteiger partial charge is 0.219 e. The molecule has 0 aliphatic carbocycles. The zero-order valence-electron chi connectivity index (χ0n) is 13.4. The first-order valence-electron chi connectivity index (χ1n) is 7.01. The van der Waals surface area contributed by atoms with Crippen LogP contribution >= 0.6 is 0 Å². The summed E-state index contributed by atoms with van der Waals surface area (Å²) >= 11 is 0. The summed E-state index contributed by atoms with van der Waals surface area (Å²) < 4.78 is 0. The SMILES string of the molecule is CCCCC(=O)NC.CCCCCN(C)C.[B]C. The zero-order chi connectivity index (χ0) is 14.8. The second-order valence-electron chi connectivity index (χ2n) is 4.29. The number of carbonyl (C=O) groups is 1. The number of nitrogens with one attached hydrogen (secondary N) is 1. The third-order valence-corrected chi connectivity index (χ3v) is 2.25. The van der Waals surface area contributed by atoms with Crippen LogP contribution < -0.4 is 5.32 Å². The molecule has 0 unspecified atom stereocenters. The highest BCUT2D eigenvalue weighted by atomic mass is 16.1. The van der Waals surface area contributed by atoms with Crippen LogP contribution in [0.3, 0.4) is 0 Å². The Kier molecular flexibility index (Phi) is 27.4. The number of rotatable bonds is 7. The minimum absolute atomic E-state index is 0.145. The molecule has 108 valence electrons. The van der Waals surface area contributed by atoms with Gasteiger partial charge in [-0.15, -0.1) is 0 Å². The van der Waals surface area contributed by atoms with E-state index in [9.17, 15) is 4.79 Å². The molecule has 4 heteroatoms. The van der Waals surface area contributed by atoms with Crippen LogP contribution in [0.15, 0.2) is 0 Å². The molecular formula is C14H33BN2O. The van der Waals surface area contributed by atoms with E-state index in [0.717, 1.165) is 12.8 Å². The molecule has 0 heterocycles. The van der Waals surface area contributed by atoms with Crippen LogP contribution in [0.4, 0.5) is 0 Å². The van der Waals surface area contributed by atoms with E-state index in [0.29, 0.717) is 6.42 Å². The minimum Gasteiger partial charge on any atom is -0.359 e. The van der Waals surface area contributed by atoms with Crippen LogP contribution in [-0.4, -0.2) is 46.3 Å². The number of nitrogens with zero attached hydrogens (tertiary/aromatic N) is 1. The quantitative estimate of drug-likeness (QED) is 0.561. The molecular weight excluding hydrogens is 223 g/mol. The zero-order valence-corrected chi connectivity index (χ0v) is 13.4. The molecule has 0 bridgehead atoms. The fourth-order valence-corrected chi connectivity index (χ4v) is 1.14. The topological polar surface area (TPSA) is 32.3 Å². The van der Waals surface area contributed by atoms with Gasteiger partial charge in [-0.3, -0.25) is 4.79 Å². The summed E-state index contributed by atoms with van der Waals surface area (Å²) in [4.78, 5) is 12.7. The Morgan fingerprint density at radius 1 is 1.06 bits per heavy atom. The van der Waals surface area contributed by atoms with Crippen LogP contribution in [-0.2, 0) is 4.79 Å². The van der Waals surface area contributed by atoms with Crippen molar-refractivity contribution < 1.29 is 4.79 Å². The van der Waals surface area contributed by atoms with Crippen LogP contribution in [0.2, 0.25) is 6.82 Å². The number of amides is 1. The highest BCUT2D eigenvalue weighted by Gasteiger charge is 1.92. The van der Waals surface area contributed by atoms with Crippen molar-refractivity contribution in [3.63, 3.8) is 0 Å². The van der Waals surface area contributed by atoms with Crippen LogP contribution in [0.25, 0.3) is 0 Å². The van der Waals surface area contributed by atoms with Crippen molar-refractivity contribution in [1.82, 2.24) is 10.2 Å². The number of unbranched alkanes of at least 4 members (excludes halogenated alkanes) is 3. The van der Waals surface area contributed by atoms with Gasteiger partial charge < -0.3 is 10.2 Å². The molecule has 2 radical (unpaired) electrons. The van der Waals surface area contributed by atoms with E-state index >= 15 is 0 Å². The van der Waals surface area contributed by atoms with E-state index in [1.165, 1.54) is 32.6 Å². The fraction of sp³-hybridized carbons (Fsp3) is 0.929. The molecule has 0 aromatic carbocycles. The second kappa shape index (κ2) is 21.7.